The number of halogens is 1. The Morgan fingerprint density at radius 2 is 2.04 bits per heavy atom. The fourth-order valence-electron chi connectivity index (χ4n) is 3.83. The average molecular weight is 422 g/mol. The molecule has 2 aliphatic rings. The van der Waals surface area contributed by atoms with Crippen LogP contribution in [0.4, 0.5) is 0 Å². The van der Waals surface area contributed by atoms with Gasteiger partial charge in [0.25, 0.3) is 11.5 Å². The molecule has 0 atom stereocenters. The summed E-state index contributed by atoms with van der Waals surface area (Å²) in [5.41, 5.74) is 2.25. The Bertz CT molecular complexity index is 852. The van der Waals surface area contributed by atoms with Gasteiger partial charge in [0.1, 0.15) is 0 Å². The molecule has 0 spiro atoms. The minimum Gasteiger partial charge on any atom is -0.349 e. The maximum absolute atomic E-state index is 12.4. The Morgan fingerprint density at radius 1 is 1.24 bits per heavy atom. The number of aromatic nitrogens is 2. The van der Waals surface area contributed by atoms with Gasteiger partial charge in [0.05, 0.1) is 16.6 Å². The molecule has 132 valence electrons. The summed E-state index contributed by atoms with van der Waals surface area (Å²) < 4.78 is 2.63. The van der Waals surface area contributed by atoms with Gasteiger partial charge in [-0.3, -0.25) is 9.59 Å². The van der Waals surface area contributed by atoms with Crippen LogP contribution in [0, 0.1) is 0 Å². The normalized spacial score (nSPS) is 22.6. The maximum Gasteiger partial charge on any atom is 0.267 e. The van der Waals surface area contributed by atoms with Gasteiger partial charge >= 0.3 is 0 Å². The zero-order chi connectivity index (χ0) is 17.4. The van der Waals surface area contributed by atoms with Crippen molar-refractivity contribution in [2.45, 2.75) is 57.0 Å². The zero-order valence-electron chi connectivity index (χ0n) is 13.8. The molecule has 5 nitrogen and oxygen atoms in total. The highest BCUT2D eigenvalue weighted by Gasteiger charge is 2.26. The molecule has 2 aromatic heterocycles. The molecule has 2 aromatic rings. The van der Waals surface area contributed by atoms with Crippen LogP contribution in [0.3, 0.4) is 0 Å². The molecule has 0 saturated heterocycles. The Labute approximate surface area is 158 Å². The second kappa shape index (κ2) is 7.03. The number of thiophene rings is 1. The monoisotopic (exact) mass is 421 g/mol. The Morgan fingerprint density at radius 3 is 2.76 bits per heavy atom. The summed E-state index contributed by atoms with van der Waals surface area (Å²) in [6.07, 6.45) is 6.59. The molecule has 0 unspecified atom stereocenters. The van der Waals surface area contributed by atoms with Gasteiger partial charge in [0.2, 0.25) is 0 Å². The van der Waals surface area contributed by atoms with Crippen molar-refractivity contribution in [2.24, 2.45) is 0 Å². The molecule has 25 heavy (non-hydrogen) atoms. The van der Waals surface area contributed by atoms with Crippen molar-refractivity contribution >= 4 is 33.2 Å². The number of hydrogen-bond acceptors (Lipinski definition) is 4. The highest BCUT2D eigenvalue weighted by atomic mass is 79.9. The first-order valence-electron chi connectivity index (χ1n) is 8.76. The van der Waals surface area contributed by atoms with E-state index in [9.17, 15) is 9.59 Å². The molecule has 4 rings (SSSR count). The van der Waals surface area contributed by atoms with E-state index < -0.39 is 0 Å². The summed E-state index contributed by atoms with van der Waals surface area (Å²) in [6, 6.07) is 3.95. The van der Waals surface area contributed by atoms with Crippen molar-refractivity contribution in [3.05, 3.63) is 48.5 Å². The molecule has 1 N–H and O–H groups in total. The third kappa shape index (κ3) is 3.58. The quantitative estimate of drug-likeness (QED) is 0.824. The van der Waals surface area contributed by atoms with Crippen molar-refractivity contribution in [1.29, 1.82) is 0 Å². The highest BCUT2D eigenvalue weighted by molar-refractivity contribution is 9.10. The summed E-state index contributed by atoms with van der Waals surface area (Å²) in [7, 11) is 0. The van der Waals surface area contributed by atoms with Crippen LogP contribution in [0.5, 0.6) is 0 Å². The molecule has 1 amide bonds. The van der Waals surface area contributed by atoms with Crippen LogP contribution in [0.2, 0.25) is 0 Å². The van der Waals surface area contributed by atoms with Crippen LogP contribution in [0.15, 0.2) is 26.8 Å². The first-order chi connectivity index (χ1) is 12.1. The average Bonchev–Trinajstić information content (AvgIpc) is 3.23. The van der Waals surface area contributed by atoms with E-state index in [1.165, 1.54) is 11.3 Å². The van der Waals surface area contributed by atoms with E-state index in [2.05, 4.69) is 26.3 Å². The number of hydrogen-bond donors (Lipinski definition) is 1. The van der Waals surface area contributed by atoms with Crippen molar-refractivity contribution in [3.8, 4) is 0 Å². The SMILES string of the molecule is O=C(NC1CCC(n2nc3c(cc2=O)CCC3)CC1)c1cc(Br)cs1. The van der Waals surface area contributed by atoms with Gasteiger partial charge in [0.15, 0.2) is 0 Å². The fourth-order valence-corrected chi connectivity index (χ4v) is 5.16. The summed E-state index contributed by atoms with van der Waals surface area (Å²) in [5, 5.41) is 9.66. The first-order valence-corrected chi connectivity index (χ1v) is 10.4. The second-order valence-electron chi connectivity index (χ2n) is 6.86. The predicted molar refractivity (Wildman–Crippen MR) is 101 cm³/mol. The molecule has 2 aliphatic carbocycles. The third-order valence-electron chi connectivity index (χ3n) is 5.15. The minimum absolute atomic E-state index is 0.00743. The second-order valence-corrected chi connectivity index (χ2v) is 8.69. The van der Waals surface area contributed by atoms with Crippen molar-refractivity contribution in [2.75, 3.05) is 0 Å². The molecule has 2 heterocycles. The zero-order valence-corrected chi connectivity index (χ0v) is 16.2. The van der Waals surface area contributed by atoms with E-state index in [0.717, 1.165) is 65.6 Å². The summed E-state index contributed by atoms with van der Waals surface area (Å²) in [6.45, 7) is 0. The van der Waals surface area contributed by atoms with Crippen molar-refractivity contribution < 1.29 is 4.79 Å². The molecule has 7 heteroatoms. The van der Waals surface area contributed by atoms with Gasteiger partial charge in [-0.2, -0.15) is 5.10 Å². The summed E-state index contributed by atoms with van der Waals surface area (Å²) in [5.74, 6) is -0.00743. The first kappa shape index (κ1) is 17.0. The number of carbonyl (C=O) groups excluding carboxylic acids is 1. The van der Waals surface area contributed by atoms with E-state index in [0.29, 0.717) is 0 Å². The van der Waals surface area contributed by atoms with Crippen molar-refractivity contribution in [1.82, 2.24) is 15.1 Å². The Balaban J connectivity index is 1.39. The number of amides is 1. The van der Waals surface area contributed by atoms with Gasteiger partial charge in [0, 0.05) is 22.0 Å². The summed E-state index contributed by atoms with van der Waals surface area (Å²) >= 11 is 4.82. The highest BCUT2D eigenvalue weighted by Crippen LogP contribution is 2.28. The summed E-state index contributed by atoms with van der Waals surface area (Å²) in [4.78, 5) is 25.4. The van der Waals surface area contributed by atoms with Crippen molar-refractivity contribution in [3.63, 3.8) is 0 Å². The molecule has 0 radical (unpaired) electrons. The lowest BCUT2D eigenvalue weighted by molar-refractivity contribution is 0.0925. The number of nitrogens with one attached hydrogen (secondary N) is 1. The molecule has 1 fully saturated rings. The van der Waals surface area contributed by atoms with Crippen LogP contribution >= 0.6 is 27.3 Å². The van der Waals surface area contributed by atoms with E-state index in [-0.39, 0.29) is 23.6 Å². The predicted octanol–water partition coefficient (Wildman–Crippen LogP) is 3.47. The molecular weight excluding hydrogens is 402 g/mol. The number of nitrogens with zero attached hydrogens (tertiary/aromatic N) is 2. The minimum atomic E-state index is -0.00743. The number of fused-ring (bicyclic) bond motifs is 1. The molecular formula is C18H20BrN3O2S. The van der Waals surface area contributed by atoms with Gasteiger partial charge in [-0.1, -0.05) is 0 Å². The van der Waals surface area contributed by atoms with E-state index in [4.69, 9.17) is 0 Å². The standard InChI is InChI=1S/C18H20BrN3O2S/c19-12-9-16(25-10-12)18(24)20-13-4-6-14(7-5-13)22-17(23)8-11-2-1-3-15(11)21-22/h8-10,13-14H,1-7H2,(H,20,24). The Hall–Kier alpha value is -1.47. The third-order valence-corrected chi connectivity index (χ3v) is 6.84. The van der Waals surface area contributed by atoms with E-state index in [1.807, 2.05) is 11.4 Å². The van der Waals surface area contributed by atoms with Gasteiger partial charge in [-0.25, -0.2) is 4.68 Å². The van der Waals surface area contributed by atoms with E-state index in [1.54, 1.807) is 10.7 Å². The smallest absolute Gasteiger partial charge is 0.267 e. The van der Waals surface area contributed by atoms with Crippen LogP contribution < -0.4 is 10.9 Å². The molecule has 0 aromatic carbocycles. The van der Waals surface area contributed by atoms with Crippen LogP contribution in [0.25, 0.3) is 0 Å². The van der Waals surface area contributed by atoms with E-state index >= 15 is 0 Å². The van der Waals surface area contributed by atoms with Gasteiger partial charge in [-0.05, 0) is 72.5 Å². The lowest BCUT2D eigenvalue weighted by Crippen LogP contribution is -2.39. The maximum atomic E-state index is 12.4. The van der Waals surface area contributed by atoms with Crippen LogP contribution in [0.1, 0.15) is 59.1 Å². The number of rotatable bonds is 3. The lowest BCUT2D eigenvalue weighted by Gasteiger charge is -2.29. The molecule has 0 bridgehead atoms. The topological polar surface area (TPSA) is 64.0 Å². The number of carbonyl (C=O) groups is 1. The lowest BCUT2D eigenvalue weighted by atomic mass is 9.91. The molecule has 0 aliphatic heterocycles. The number of aryl methyl sites for hydroxylation is 2. The largest absolute Gasteiger partial charge is 0.349 e. The fraction of sp³-hybridized carbons (Fsp3) is 0.500. The van der Waals surface area contributed by atoms with Gasteiger partial charge < -0.3 is 5.32 Å². The van der Waals surface area contributed by atoms with Gasteiger partial charge in [-0.15, -0.1) is 11.3 Å². The molecule has 1 saturated carbocycles. The Kier molecular flexibility index (Phi) is 4.78. The van der Waals surface area contributed by atoms with Crippen LogP contribution in [-0.2, 0) is 12.8 Å². The van der Waals surface area contributed by atoms with Crippen LogP contribution in [-0.4, -0.2) is 21.7 Å².